The maximum absolute atomic E-state index is 12.4. The molecule has 0 spiro atoms. The SMILES string of the molecule is CCC(=O)N1N=C2C3CCN(CC3)[C@H]2[C@@H]1c1ccc([N+](=O)[O-])cc1. The van der Waals surface area contributed by atoms with Crippen LogP contribution in [0.25, 0.3) is 0 Å². The third-order valence-electron chi connectivity index (χ3n) is 5.43. The Hall–Kier alpha value is -2.28. The first-order valence-electron chi connectivity index (χ1n) is 8.49. The van der Waals surface area contributed by atoms with E-state index in [0.29, 0.717) is 12.3 Å². The molecule has 4 aliphatic heterocycles. The number of hydrazone groups is 1. The van der Waals surface area contributed by atoms with E-state index < -0.39 is 4.92 Å². The summed E-state index contributed by atoms with van der Waals surface area (Å²) in [7, 11) is 0. The molecule has 0 aromatic heterocycles. The van der Waals surface area contributed by atoms with Crippen molar-refractivity contribution >= 4 is 17.3 Å². The zero-order valence-corrected chi connectivity index (χ0v) is 13.6. The fourth-order valence-corrected chi connectivity index (χ4v) is 4.21. The minimum Gasteiger partial charge on any atom is -0.293 e. The molecule has 0 aliphatic carbocycles. The van der Waals surface area contributed by atoms with Crippen molar-refractivity contribution in [1.29, 1.82) is 0 Å². The molecule has 2 bridgehead atoms. The smallest absolute Gasteiger partial charge is 0.269 e. The Kier molecular flexibility index (Phi) is 3.60. The Balaban J connectivity index is 1.73. The first-order valence-corrected chi connectivity index (χ1v) is 8.49. The normalized spacial score (nSPS) is 30.9. The lowest BCUT2D eigenvalue weighted by atomic mass is 9.78. The van der Waals surface area contributed by atoms with Crippen molar-refractivity contribution in [1.82, 2.24) is 9.91 Å². The highest BCUT2D eigenvalue weighted by Crippen LogP contribution is 2.43. The number of carbonyl (C=O) groups excluding carboxylic acids is 1. The monoisotopic (exact) mass is 328 g/mol. The van der Waals surface area contributed by atoms with E-state index in [1.165, 1.54) is 12.1 Å². The van der Waals surface area contributed by atoms with Gasteiger partial charge >= 0.3 is 0 Å². The molecule has 1 amide bonds. The first-order chi connectivity index (χ1) is 11.6. The first kappa shape index (κ1) is 15.3. The zero-order chi connectivity index (χ0) is 16.8. The van der Waals surface area contributed by atoms with Gasteiger partial charge in [0.25, 0.3) is 5.69 Å². The number of nitro benzene ring substituents is 1. The molecule has 1 aromatic rings. The van der Waals surface area contributed by atoms with E-state index in [1.807, 2.05) is 6.92 Å². The Morgan fingerprint density at radius 3 is 2.50 bits per heavy atom. The van der Waals surface area contributed by atoms with Crippen LogP contribution in [0.4, 0.5) is 5.69 Å². The Morgan fingerprint density at radius 1 is 1.25 bits per heavy atom. The van der Waals surface area contributed by atoms with Gasteiger partial charge in [-0.25, -0.2) is 5.01 Å². The number of hydrogen-bond donors (Lipinski definition) is 0. The molecule has 4 heterocycles. The summed E-state index contributed by atoms with van der Waals surface area (Å²) in [5.41, 5.74) is 2.10. The van der Waals surface area contributed by atoms with Crippen LogP contribution >= 0.6 is 0 Å². The summed E-state index contributed by atoms with van der Waals surface area (Å²) >= 11 is 0. The second kappa shape index (κ2) is 5.66. The summed E-state index contributed by atoms with van der Waals surface area (Å²) in [4.78, 5) is 25.3. The molecule has 0 N–H and O–H groups in total. The van der Waals surface area contributed by atoms with E-state index in [-0.39, 0.29) is 23.7 Å². The van der Waals surface area contributed by atoms with Crippen LogP contribution in [0.15, 0.2) is 29.4 Å². The van der Waals surface area contributed by atoms with Gasteiger partial charge in [0.15, 0.2) is 0 Å². The van der Waals surface area contributed by atoms with E-state index in [1.54, 1.807) is 17.1 Å². The van der Waals surface area contributed by atoms with Crippen LogP contribution < -0.4 is 0 Å². The maximum Gasteiger partial charge on any atom is 0.269 e. The average molecular weight is 328 g/mol. The van der Waals surface area contributed by atoms with E-state index in [4.69, 9.17) is 5.10 Å². The molecule has 7 nitrogen and oxygen atoms in total. The van der Waals surface area contributed by atoms with Gasteiger partial charge in [-0.05, 0) is 43.6 Å². The molecule has 1 aromatic carbocycles. The van der Waals surface area contributed by atoms with Crippen LogP contribution in [-0.4, -0.2) is 45.6 Å². The molecule has 3 saturated heterocycles. The molecule has 4 aliphatic rings. The lowest BCUT2D eigenvalue weighted by molar-refractivity contribution is -0.384. The van der Waals surface area contributed by atoms with Crippen molar-refractivity contribution < 1.29 is 9.72 Å². The number of piperidine rings is 3. The van der Waals surface area contributed by atoms with Gasteiger partial charge in [0.05, 0.1) is 16.7 Å². The van der Waals surface area contributed by atoms with Gasteiger partial charge in [-0.3, -0.25) is 19.8 Å². The van der Waals surface area contributed by atoms with Gasteiger partial charge in [0, 0.05) is 24.5 Å². The second-order valence-corrected chi connectivity index (χ2v) is 6.67. The van der Waals surface area contributed by atoms with E-state index in [2.05, 4.69) is 4.90 Å². The van der Waals surface area contributed by atoms with Crippen molar-refractivity contribution in [3.8, 4) is 0 Å². The standard InChI is InChI=1S/C17H20N4O3/c1-2-14(22)20-16(12-3-5-13(6-4-12)21(23)24)17-15(18-20)11-7-9-19(17)10-8-11/h3-6,11,16-17H,2,7-10H2,1H3/t16-,17+/m0/s1. The number of benzene rings is 1. The van der Waals surface area contributed by atoms with Crippen LogP contribution in [-0.2, 0) is 4.79 Å². The third-order valence-corrected chi connectivity index (χ3v) is 5.43. The summed E-state index contributed by atoms with van der Waals surface area (Å²) in [6.45, 7) is 3.91. The fourth-order valence-electron chi connectivity index (χ4n) is 4.21. The molecule has 2 atom stereocenters. The third kappa shape index (κ3) is 2.23. The molecular formula is C17H20N4O3. The van der Waals surface area contributed by atoms with Gasteiger partial charge in [0.1, 0.15) is 6.04 Å². The fraction of sp³-hybridized carbons (Fsp3) is 0.529. The quantitative estimate of drug-likeness (QED) is 0.630. The van der Waals surface area contributed by atoms with Crippen molar-refractivity contribution in [2.75, 3.05) is 13.1 Å². The van der Waals surface area contributed by atoms with E-state index in [0.717, 1.165) is 37.2 Å². The highest BCUT2D eigenvalue weighted by molar-refractivity contribution is 5.97. The number of amides is 1. The summed E-state index contributed by atoms with van der Waals surface area (Å²) in [5.74, 6) is 0.469. The van der Waals surface area contributed by atoms with Gasteiger partial charge in [-0.15, -0.1) is 0 Å². The molecule has 7 heteroatoms. The van der Waals surface area contributed by atoms with Crippen LogP contribution in [0.1, 0.15) is 37.8 Å². The summed E-state index contributed by atoms with van der Waals surface area (Å²) in [5, 5.41) is 17.2. The molecule has 0 radical (unpaired) electrons. The number of fused-ring (bicyclic) bond motifs is 2. The number of hydrogen-bond acceptors (Lipinski definition) is 5. The largest absolute Gasteiger partial charge is 0.293 e. The Morgan fingerprint density at radius 2 is 1.92 bits per heavy atom. The lowest BCUT2D eigenvalue weighted by Crippen LogP contribution is -2.56. The summed E-state index contributed by atoms with van der Waals surface area (Å²) in [6.07, 6.45) is 2.62. The van der Waals surface area contributed by atoms with Crippen LogP contribution in [0.3, 0.4) is 0 Å². The van der Waals surface area contributed by atoms with Gasteiger partial charge in [-0.1, -0.05) is 6.92 Å². The van der Waals surface area contributed by atoms with E-state index in [9.17, 15) is 14.9 Å². The predicted octanol–water partition coefficient (Wildman–Crippen LogP) is 2.34. The average Bonchev–Trinajstić information content (AvgIpc) is 3.04. The van der Waals surface area contributed by atoms with Gasteiger partial charge < -0.3 is 0 Å². The number of nitro groups is 1. The minimum atomic E-state index is -0.401. The number of rotatable bonds is 3. The van der Waals surface area contributed by atoms with Crippen LogP contribution in [0, 0.1) is 16.0 Å². The van der Waals surface area contributed by atoms with Gasteiger partial charge in [-0.2, -0.15) is 5.10 Å². The molecule has 0 unspecified atom stereocenters. The Labute approximate surface area is 140 Å². The van der Waals surface area contributed by atoms with Crippen molar-refractivity contribution in [3.05, 3.63) is 39.9 Å². The van der Waals surface area contributed by atoms with Gasteiger partial charge in [0.2, 0.25) is 5.91 Å². The summed E-state index contributed by atoms with van der Waals surface area (Å²) < 4.78 is 0. The predicted molar refractivity (Wildman–Crippen MR) is 88.5 cm³/mol. The second-order valence-electron chi connectivity index (χ2n) is 6.67. The summed E-state index contributed by atoms with van der Waals surface area (Å²) in [6, 6.07) is 6.50. The van der Waals surface area contributed by atoms with Crippen LogP contribution in [0.2, 0.25) is 0 Å². The maximum atomic E-state index is 12.4. The van der Waals surface area contributed by atoms with E-state index >= 15 is 0 Å². The zero-order valence-electron chi connectivity index (χ0n) is 13.6. The van der Waals surface area contributed by atoms with Crippen LogP contribution in [0.5, 0.6) is 0 Å². The van der Waals surface area contributed by atoms with Crippen molar-refractivity contribution in [3.63, 3.8) is 0 Å². The highest BCUT2D eigenvalue weighted by Gasteiger charge is 2.50. The number of carbonyl (C=O) groups is 1. The number of nitrogens with zero attached hydrogens (tertiary/aromatic N) is 4. The minimum absolute atomic E-state index is 0.000790. The lowest BCUT2D eigenvalue weighted by Gasteiger charge is -2.46. The molecule has 0 saturated carbocycles. The molecule has 126 valence electrons. The Bertz CT molecular complexity index is 707. The molecule has 24 heavy (non-hydrogen) atoms. The van der Waals surface area contributed by atoms with Crippen molar-refractivity contribution in [2.24, 2.45) is 11.0 Å². The highest BCUT2D eigenvalue weighted by atomic mass is 16.6. The molecule has 5 rings (SSSR count). The number of non-ortho nitro benzene ring substituents is 1. The molecular weight excluding hydrogens is 308 g/mol. The molecule has 3 fully saturated rings. The topological polar surface area (TPSA) is 79.0 Å². The van der Waals surface area contributed by atoms with Crippen molar-refractivity contribution in [2.45, 2.75) is 38.3 Å².